The van der Waals surface area contributed by atoms with Crippen LogP contribution in [0.3, 0.4) is 0 Å². The van der Waals surface area contributed by atoms with E-state index in [1.54, 1.807) is 0 Å². The van der Waals surface area contributed by atoms with Gasteiger partial charge in [0.2, 0.25) is 0 Å². The first-order chi connectivity index (χ1) is 12.9. The molecule has 2 atom stereocenters. The lowest BCUT2D eigenvalue weighted by Gasteiger charge is -2.45. The van der Waals surface area contributed by atoms with Crippen molar-refractivity contribution < 1.29 is 0 Å². The van der Waals surface area contributed by atoms with E-state index < -0.39 is 0 Å². The van der Waals surface area contributed by atoms with E-state index in [4.69, 9.17) is 4.99 Å². The Morgan fingerprint density at radius 2 is 1.93 bits per heavy atom. The molecule has 0 saturated carbocycles. The van der Waals surface area contributed by atoms with Gasteiger partial charge in [0.1, 0.15) is 0 Å². The summed E-state index contributed by atoms with van der Waals surface area (Å²) >= 11 is 0. The molecule has 3 heteroatoms. The molecule has 1 heterocycles. The van der Waals surface area contributed by atoms with Crippen LogP contribution in [0.5, 0.6) is 0 Å². The second kappa shape index (κ2) is 9.84. The normalized spacial score (nSPS) is 25.5. The highest BCUT2D eigenvalue weighted by Crippen LogP contribution is 2.38. The summed E-state index contributed by atoms with van der Waals surface area (Å²) in [5.74, 6) is 0. The molecule has 1 aromatic carbocycles. The number of aliphatic imine (C=N–C) groups is 1. The first-order valence-corrected chi connectivity index (χ1v) is 10.9. The SMILES string of the molecule is CCc1ccc(C)c(C2(C)CCN(C)C(C)C2=NCCCN(CC)CC)c1. The average molecular weight is 372 g/mol. The fourth-order valence-electron chi connectivity index (χ4n) is 4.49. The van der Waals surface area contributed by atoms with Gasteiger partial charge in [0, 0.05) is 23.7 Å². The molecule has 1 saturated heterocycles. The predicted molar refractivity (Wildman–Crippen MR) is 119 cm³/mol. The largest absolute Gasteiger partial charge is 0.304 e. The zero-order valence-corrected chi connectivity index (χ0v) is 18.8. The van der Waals surface area contributed by atoms with Crippen LogP contribution in [0.1, 0.15) is 64.2 Å². The third kappa shape index (κ3) is 5.00. The summed E-state index contributed by atoms with van der Waals surface area (Å²) in [4.78, 5) is 10.2. The van der Waals surface area contributed by atoms with Gasteiger partial charge in [0.05, 0.1) is 0 Å². The summed E-state index contributed by atoms with van der Waals surface area (Å²) in [6.45, 7) is 19.2. The zero-order chi connectivity index (χ0) is 20.0. The second-order valence-electron chi connectivity index (χ2n) is 8.39. The van der Waals surface area contributed by atoms with Crippen LogP contribution in [0.25, 0.3) is 0 Å². The lowest BCUT2D eigenvalue weighted by molar-refractivity contribution is 0.248. The van der Waals surface area contributed by atoms with Gasteiger partial charge in [-0.25, -0.2) is 0 Å². The van der Waals surface area contributed by atoms with Crippen molar-refractivity contribution in [3.05, 3.63) is 34.9 Å². The van der Waals surface area contributed by atoms with E-state index in [0.29, 0.717) is 6.04 Å². The predicted octanol–water partition coefficient (Wildman–Crippen LogP) is 4.71. The highest BCUT2D eigenvalue weighted by Gasteiger charge is 2.41. The molecule has 0 N–H and O–H groups in total. The van der Waals surface area contributed by atoms with E-state index in [0.717, 1.165) is 52.0 Å². The van der Waals surface area contributed by atoms with Gasteiger partial charge in [-0.2, -0.15) is 0 Å². The number of benzene rings is 1. The molecule has 2 rings (SSSR count). The standard InChI is InChI=1S/C24H41N3/c1-8-21-13-12-19(4)22(18-21)24(6)14-17-26(7)20(5)23(24)25-15-11-16-27(9-2)10-3/h12-13,18,20H,8-11,14-17H2,1-7H3. The molecule has 0 aliphatic carbocycles. The first kappa shape index (κ1) is 22.1. The topological polar surface area (TPSA) is 18.8 Å². The fourth-order valence-corrected chi connectivity index (χ4v) is 4.49. The first-order valence-electron chi connectivity index (χ1n) is 10.9. The summed E-state index contributed by atoms with van der Waals surface area (Å²) in [6, 6.07) is 7.43. The number of likely N-dealkylation sites (tertiary alicyclic amines) is 1. The molecule has 0 radical (unpaired) electrons. The summed E-state index contributed by atoms with van der Waals surface area (Å²) < 4.78 is 0. The Balaban J connectivity index is 2.30. The van der Waals surface area contributed by atoms with Crippen LogP contribution in [0.2, 0.25) is 0 Å². The quantitative estimate of drug-likeness (QED) is 0.616. The van der Waals surface area contributed by atoms with Crippen molar-refractivity contribution in [2.75, 3.05) is 39.8 Å². The molecule has 27 heavy (non-hydrogen) atoms. The van der Waals surface area contributed by atoms with Crippen molar-refractivity contribution in [2.45, 2.75) is 72.3 Å². The lowest BCUT2D eigenvalue weighted by Crippen LogP contribution is -2.53. The summed E-state index contributed by atoms with van der Waals surface area (Å²) in [5, 5.41) is 0. The Labute approximate surface area is 167 Å². The average Bonchev–Trinajstić information content (AvgIpc) is 2.67. The number of aryl methyl sites for hydroxylation is 2. The highest BCUT2D eigenvalue weighted by molar-refractivity contribution is 5.99. The molecule has 1 aromatic rings. The maximum absolute atomic E-state index is 5.23. The van der Waals surface area contributed by atoms with E-state index in [1.165, 1.54) is 22.4 Å². The van der Waals surface area contributed by atoms with E-state index in [9.17, 15) is 0 Å². The number of hydrogen-bond acceptors (Lipinski definition) is 3. The molecular weight excluding hydrogens is 330 g/mol. The molecular formula is C24H41N3. The third-order valence-corrected chi connectivity index (χ3v) is 6.70. The minimum absolute atomic E-state index is 0.0520. The fraction of sp³-hybridized carbons (Fsp3) is 0.708. The van der Waals surface area contributed by atoms with E-state index >= 15 is 0 Å². The van der Waals surface area contributed by atoms with Gasteiger partial charge in [0.25, 0.3) is 0 Å². The number of hydrogen-bond donors (Lipinski definition) is 0. The maximum Gasteiger partial charge on any atom is 0.0454 e. The molecule has 0 spiro atoms. The summed E-state index contributed by atoms with van der Waals surface area (Å²) in [7, 11) is 2.24. The number of nitrogens with zero attached hydrogens (tertiary/aromatic N) is 3. The second-order valence-corrected chi connectivity index (χ2v) is 8.39. The van der Waals surface area contributed by atoms with Crippen LogP contribution in [-0.2, 0) is 11.8 Å². The zero-order valence-electron chi connectivity index (χ0n) is 18.8. The Morgan fingerprint density at radius 1 is 1.22 bits per heavy atom. The third-order valence-electron chi connectivity index (χ3n) is 6.70. The monoisotopic (exact) mass is 371 g/mol. The number of piperidine rings is 1. The van der Waals surface area contributed by atoms with Crippen molar-refractivity contribution >= 4 is 5.71 Å². The van der Waals surface area contributed by atoms with Crippen molar-refractivity contribution in [3.8, 4) is 0 Å². The van der Waals surface area contributed by atoms with Crippen molar-refractivity contribution in [3.63, 3.8) is 0 Å². The highest BCUT2D eigenvalue weighted by atomic mass is 15.2. The summed E-state index contributed by atoms with van der Waals surface area (Å²) in [5.41, 5.74) is 5.76. The minimum atomic E-state index is 0.0520. The van der Waals surface area contributed by atoms with Crippen LogP contribution in [0, 0.1) is 6.92 Å². The molecule has 0 aromatic heterocycles. The van der Waals surface area contributed by atoms with Gasteiger partial charge < -0.3 is 4.90 Å². The Bertz CT molecular complexity index is 633. The summed E-state index contributed by atoms with van der Waals surface area (Å²) in [6.07, 6.45) is 3.39. The Morgan fingerprint density at radius 3 is 2.56 bits per heavy atom. The van der Waals surface area contributed by atoms with Gasteiger partial charge in [-0.15, -0.1) is 0 Å². The number of rotatable bonds is 8. The molecule has 2 unspecified atom stereocenters. The molecule has 0 bridgehead atoms. The van der Waals surface area contributed by atoms with Gasteiger partial charge in [-0.3, -0.25) is 9.89 Å². The maximum atomic E-state index is 5.23. The molecule has 1 aliphatic heterocycles. The smallest absolute Gasteiger partial charge is 0.0454 e. The van der Waals surface area contributed by atoms with Crippen LogP contribution >= 0.6 is 0 Å². The van der Waals surface area contributed by atoms with Crippen molar-refractivity contribution in [2.24, 2.45) is 4.99 Å². The van der Waals surface area contributed by atoms with Gasteiger partial charge in [0.15, 0.2) is 0 Å². The molecule has 1 fully saturated rings. The van der Waals surface area contributed by atoms with E-state index in [2.05, 4.69) is 76.6 Å². The van der Waals surface area contributed by atoms with E-state index in [-0.39, 0.29) is 5.41 Å². The van der Waals surface area contributed by atoms with Gasteiger partial charge >= 0.3 is 0 Å². The van der Waals surface area contributed by atoms with Crippen LogP contribution in [0.4, 0.5) is 0 Å². The lowest BCUT2D eigenvalue weighted by atomic mass is 9.69. The molecule has 0 amide bonds. The van der Waals surface area contributed by atoms with Crippen LogP contribution in [0.15, 0.2) is 23.2 Å². The van der Waals surface area contributed by atoms with Crippen molar-refractivity contribution in [1.82, 2.24) is 9.80 Å². The van der Waals surface area contributed by atoms with Crippen molar-refractivity contribution in [1.29, 1.82) is 0 Å². The minimum Gasteiger partial charge on any atom is -0.304 e. The van der Waals surface area contributed by atoms with E-state index in [1.807, 2.05) is 0 Å². The van der Waals surface area contributed by atoms with Crippen LogP contribution in [-0.4, -0.2) is 61.3 Å². The Hall–Kier alpha value is -1.19. The Kier molecular flexibility index (Phi) is 8.05. The molecule has 3 nitrogen and oxygen atoms in total. The van der Waals surface area contributed by atoms with Gasteiger partial charge in [-0.1, -0.05) is 45.9 Å². The van der Waals surface area contributed by atoms with Gasteiger partial charge in [-0.05, 0) is 83.0 Å². The molecule has 1 aliphatic rings. The molecule has 152 valence electrons. The van der Waals surface area contributed by atoms with Crippen LogP contribution < -0.4 is 0 Å².